The van der Waals surface area contributed by atoms with Gasteiger partial charge in [0.05, 0.1) is 11.2 Å². The Morgan fingerprint density at radius 2 is 2.38 bits per heavy atom. The zero-order valence-corrected chi connectivity index (χ0v) is 10.2. The molecular weight excluding hydrogens is 249 g/mol. The third kappa shape index (κ3) is 3.83. The van der Waals surface area contributed by atoms with Crippen molar-refractivity contribution in [2.75, 3.05) is 5.75 Å². The largest absolute Gasteiger partial charge is 0.377 e. The molecule has 1 aromatic carbocycles. The Morgan fingerprint density at radius 1 is 1.62 bits per heavy atom. The molecule has 0 atom stereocenters. The van der Waals surface area contributed by atoms with Crippen LogP contribution < -0.4 is 5.73 Å². The number of benzene rings is 1. The first-order chi connectivity index (χ1) is 7.65. The Kier molecular flexibility index (Phi) is 5.28. The molecule has 0 amide bonds. The van der Waals surface area contributed by atoms with E-state index in [1.807, 2.05) is 6.92 Å². The van der Waals surface area contributed by atoms with Gasteiger partial charge in [0, 0.05) is 5.56 Å². The summed E-state index contributed by atoms with van der Waals surface area (Å²) in [6.45, 7) is 1.95. The van der Waals surface area contributed by atoms with E-state index in [-0.39, 0.29) is 5.56 Å². The van der Waals surface area contributed by atoms with Crippen molar-refractivity contribution >= 4 is 34.7 Å². The molecule has 0 unspecified atom stereocenters. The first kappa shape index (κ1) is 13.0. The summed E-state index contributed by atoms with van der Waals surface area (Å²) in [6, 6.07) is 4.42. The molecule has 6 heteroatoms. The van der Waals surface area contributed by atoms with E-state index in [9.17, 15) is 4.39 Å². The fraction of sp³-hybridized carbons (Fsp3) is 0.200. The topological polar surface area (TPSA) is 50.7 Å². The minimum absolute atomic E-state index is 0.210. The predicted octanol–water partition coefficient (Wildman–Crippen LogP) is 2.88. The van der Waals surface area contributed by atoms with Crippen LogP contribution in [0.1, 0.15) is 12.5 Å². The van der Waals surface area contributed by atoms with Gasteiger partial charge in [0.25, 0.3) is 0 Å². The summed E-state index contributed by atoms with van der Waals surface area (Å²) < 4.78 is 13.3. The molecule has 0 spiro atoms. The molecule has 1 aromatic rings. The molecule has 0 aliphatic rings. The van der Waals surface area contributed by atoms with Crippen LogP contribution in [0.3, 0.4) is 0 Å². The Hall–Kier alpha value is -1.07. The molecule has 0 bridgehead atoms. The third-order valence-electron chi connectivity index (χ3n) is 1.64. The van der Waals surface area contributed by atoms with Gasteiger partial charge in [0.1, 0.15) is 5.82 Å². The number of nitrogens with two attached hydrogens (primary N) is 1. The summed E-state index contributed by atoms with van der Waals surface area (Å²) in [4.78, 5) is 0. The molecule has 0 aromatic heterocycles. The van der Waals surface area contributed by atoms with Crippen molar-refractivity contribution in [3.63, 3.8) is 0 Å². The second-order valence-corrected chi connectivity index (χ2v) is 4.44. The molecule has 0 saturated heterocycles. The first-order valence-electron chi connectivity index (χ1n) is 4.58. The number of nitrogens with zero attached hydrogens (tertiary/aromatic N) is 2. The molecule has 0 fully saturated rings. The van der Waals surface area contributed by atoms with E-state index in [0.717, 1.165) is 5.75 Å². The minimum atomic E-state index is -0.437. The lowest BCUT2D eigenvalue weighted by Gasteiger charge is -1.97. The van der Waals surface area contributed by atoms with Crippen LogP contribution in [0.2, 0.25) is 5.02 Å². The Labute approximate surface area is 103 Å². The third-order valence-corrected chi connectivity index (χ3v) is 2.63. The molecule has 0 radical (unpaired) electrons. The Morgan fingerprint density at radius 3 is 3.00 bits per heavy atom. The highest BCUT2D eigenvalue weighted by atomic mass is 35.5. The van der Waals surface area contributed by atoms with Crippen molar-refractivity contribution < 1.29 is 4.39 Å². The number of hydrogen-bond acceptors (Lipinski definition) is 3. The first-order valence-corrected chi connectivity index (χ1v) is 5.94. The standard InChI is InChI=1S/C10H11ClFN3S/c1-2-16-10(13)15-14-6-7-8(11)4-3-5-9(7)12/h3-6H,2H2,1H3,(H2,13,15)/b14-6+. The number of hydrogen-bond donors (Lipinski definition) is 1. The van der Waals surface area contributed by atoms with E-state index in [4.69, 9.17) is 17.3 Å². The van der Waals surface area contributed by atoms with E-state index >= 15 is 0 Å². The second-order valence-electron chi connectivity index (χ2n) is 2.75. The summed E-state index contributed by atoms with van der Waals surface area (Å²) in [5.41, 5.74) is 5.71. The number of rotatable bonds is 3. The van der Waals surface area contributed by atoms with E-state index in [1.54, 1.807) is 6.07 Å². The lowest BCUT2D eigenvalue weighted by atomic mass is 10.2. The lowest BCUT2D eigenvalue weighted by Crippen LogP contribution is -2.05. The normalized spacial score (nSPS) is 12.3. The Balaban J connectivity index is 2.81. The second kappa shape index (κ2) is 6.50. The number of amidine groups is 1. The molecule has 86 valence electrons. The van der Waals surface area contributed by atoms with Gasteiger partial charge in [-0.05, 0) is 17.9 Å². The number of thioether (sulfide) groups is 1. The summed E-state index contributed by atoms with van der Waals surface area (Å²) in [6.07, 6.45) is 1.25. The maximum atomic E-state index is 13.3. The van der Waals surface area contributed by atoms with Crippen molar-refractivity contribution in [2.24, 2.45) is 15.9 Å². The van der Waals surface area contributed by atoms with Gasteiger partial charge in [-0.25, -0.2) is 4.39 Å². The fourth-order valence-corrected chi connectivity index (χ4v) is 1.57. The van der Waals surface area contributed by atoms with E-state index in [0.29, 0.717) is 10.2 Å². The van der Waals surface area contributed by atoms with Gasteiger partial charge in [-0.2, -0.15) is 5.10 Å². The van der Waals surface area contributed by atoms with E-state index < -0.39 is 5.82 Å². The monoisotopic (exact) mass is 259 g/mol. The summed E-state index contributed by atoms with van der Waals surface area (Å²) in [7, 11) is 0. The average Bonchev–Trinajstić information content (AvgIpc) is 2.23. The highest BCUT2D eigenvalue weighted by molar-refractivity contribution is 8.13. The van der Waals surface area contributed by atoms with Gasteiger partial charge >= 0.3 is 0 Å². The molecular formula is C10H11ClFN3S. The molecule has 0 saturated carbocycles. The van der Waals surface area contributed by atoms with Crippen molar-refractivity contribution in [2.45, 2.75) is 6.92 Å². The van der Waals surface area contributed by atoms with E-state index in [2.05, 4.69) is 10.2 Å². The Bertz CT molecular complexity index is 400. The van der Waals surface area contributed by atoms with Crippen LogP contribution in [0, 0.1) is 5.82 Å². The van der Waals surface area contributed by atoms with Crippen LogP contribution in [0.25, 0.3) is 0 Å². The van der Waals surface area contributed by atoms with Crippen molar-refractivity contribution in [1.29, 1.82) is 0 Å². The fourth-order valence-electron chi connectivity index (χ4n) is 0.954. The molecule has 0 aliphatic carbocycles. The molecule has 16 heavy (non-hydrogen) atoms. The zero-order chi connectivity index (χ0) is 12.0. The predicted molar refractivity (Wildman–Crippen MR) is 68.8 cm³/mol. The quantitative estimate of drug-likeness (QED) is 0.516. The van der Waals surface area contributed by atoms with Gasteiger partial charge in [-0.1, -0.05) is 36.4 Å². The lowest BCUT2D eigenvalue weighted by molar-refractivity contribution is 0.626. The number of halogens is 2. The highest BCUT2D eigenvalue weighted by Gasteiger charge is 2.02. The average molecular weight is 260 g/mol. The molecule has 3 nitrogen and oxygen atoms in total. The van der Waals surface area contributed by atoms with Crippen molar-refractivity contribution in [3.05, 3.63) is 34.6 Å². The summed E-state index contributed by atoms with van der Waals surface area (Å²) >= 11 is 7.15. The van der Waals surface area contributed by atoms with Crippen LogP contribution in [-0.4, -0.2) is 17.1 Å². The van der Waals surface area contributed by atoms with Gasteiger partial charge in [-0.15, -0.1) is 5.10 Å². The van der Waals surface area contributed by atoms with Crippen LogP contribution in [0.5, 0.6) is 0 Å². The van der Waals surface area contributed by atoms with Crippen LogP contribution in [-0.2, 0) is 0 Å². The van der Waals surface area contributed by atoms with Gasteiger partial charge in [-0.3, -0.25) is 0 Å². The van der Waals surface area contributed by atoms with Crippen LogP contribution >= 0.6 is 23.4 Å². The maximum absolute atomic E-state index is 13.3. The van der Waals surface area contributed by atoms with Gasteiger partial charge < -0.3 is 5.73 Å². The molecule has 2 N–H and O–H groups in total. The van der Waals surface area contributed by atoms with E-state index in [1.165, 1.54) is 30.1 Å². The van der Waals surface area contributed by atoms with Gasteiger partial charge in [0.2, 0.25) is 0 Å². The van der Waals surface area contributed by atoms with Crippen LogP contribution in [0.4, 0.5) is 4.39 Å². The van der Waals surface area contributed by atoms with Gasteiger partial charge in [0.15, 0.2) is 5.17 Å². The molecule has 0 heterocycles. The van der Waals surface area contributed by atoms with Crippen molar-refractivity contribution in [1.82, 2.24) is 0 Å². The van der Waals surface area contributed by atoms with Crippen LogP contribution in [0.15, 0.2) is 28.4 Å². The highest BCUT2D eigenvalue weighted by Crippen LogP contribution is 2.16. The smallest absolute Gasteiger partial charge is 0.180 e. The summed E-state index contributed by atoms with van der Waals surface area (Å²) in [5, 5.41) is 8.00. The summed E-state index contributed by atoms with van der Waals surface area (Å²) in [5.74, 6) is 0.374. The molecule has 1 rings (SSSR count). The van der Waals surface area contributed by atoms with Crippen molar-refractivity contribution in [3.8, 4) is 0 Å². The minimum Gasteiger partial charge on any atom is -0.377 e. The molecule has 0 aliphatic heterocycles. The zero-order valence-electron chi connectivity index (χ0n) is 8.65. The maximum Gasteiger partial charge on any atom is 0.180 e. The SMILES string of the molecule is CCS/C(N)=N\N=C\c1c(F)cccc1Cl.